The van der Waals surface area contributed by atoms with Gasteiger partial charge in [-0.05, 0) is 49.4 Å². The molecule has 0 saturated heterocycles. The molecule has 1 aromatic rings. The monoisotopic (exact) mass is 263 g/mol. The average Bonchev–Trinajstić information content (AvgIpc) is 2.34. The van der Waals surface area contributed by atoms with Gasteiger partial charge in [-0.15, -0.1) is 0 Å². The molecule has 0 spiro atoms. The fraction of sp³-hybridized carbons (Fsp3) is 0.647. The SMILES string of the molecule is CCNC(C)CCCOc1ccc(C(C)(C)C)cc1. The molecule has 0 aliphatic rings. The van der Waals surface area contributed by atoms with Gasteiger partial charge in [0.05, 0.1) is 6.61 Å². The molecule has 2 nitrogen and oxygen atoms in total. The molecule has 1 aromatic carbocycles. The van der Waals surface area contributed by atoms with Crippen molar-refractivity contribution in [3.05, 3.63) is 29.8 Å². The van der Waals surface area contributed by atoms with Gasteiger partial charge in [-0.2, -0.15) is 0 Å². The van der Waals surface area contributed by atoms with Crippen LogP contribution in [0.3, 0.4) is 0 Å². The summed E-state index contributed by atoms with van der Waals surface area (Å²) in [6, 6.07) is 9.06. The van der Waals surface area contributed by atoms with Crippen molar-refractivity contribution in [2.45, 2.75) is 58.9 Å². The second-order valence-electron chi connectivity index (χ2n) is 6.22. The van der Waals surface area contributed by atoms with E-state index in [4.69, 9.17) is 4.74 Å². The van der Waals surface area contributed by atoms with E-state index >= 15 is 0 Å². The normalized spacial score (nSPS) is 13.3. The van der Waals surface area contributed by atoms with Crippen LogP contribution in [0, 0.1) is 0 Å². The zero-order valence-electron chi connectivity index (χ0n) is 13.1. The maximum absolute atomic E-state index is 5.77. The lowest BCUT2D eigenvalue weighted by molar-refractivity contribution is 0.298. The smallest absolute Gasteiger partial charge is 0.119 e. The van der Waals surface area contributed by atoms with E-state index in [1.54, 1.807) is 0 Å². The van der Waals surface area contributed by atoms with Crippen LogP contribution in [0.5, 0.6) is 5.75 Å². The van der Waals surface area contributed by atoms with Crippen LogP contribution in [0.25, 0.3) is 0 Å². The van der Waals surface area contributed by atoms with Crippen molar-refractivity contribution in [2.24, 2.45) is 0 Å². The summed E-state index contributed by atoms with van der Waals surface area (Å²) in [7, 11) is 0. The first-order chi connectivity index (χ1) is 8.93. The van der Waals surface area contributed by atoms with E-state index in [1.807, 2.05) is 0 Å². The summed E-state index contributed by atoms with van der Waals surface area (Å²) in [6.07, 6.45) is 2.25. The fourth-order valence-corrected chi connectivity index (χ4v) is 2.08. The van der Waals surface area contributed by atoms with Crippen molar-refractivity contribution >= 4 is 0 Å². The lowest BCUT2D eigenvalue weighted by Crippen LogP contribution is -2.25. The number of rotatable bonds is 7. The zero-order valence-corrected chi connectivity index (χ0v) is 13.1. The summed E-state index contributed by atoms with van der Waals surface area (Å²) in [5, 5.41) is 3.41. The van der Waals surface area contributed by atoms with Crippen molar-refractivity contribution in [1.29, 1.82) is 0 Å². The Kier molecular flexibility index (Phi) is 6.36. The van der Waals surface area contributed by atoms with E-state index in [0.29, 0.717) is 6.04 Å². The van der Waals surface area contributed by atoms with Crippen molar-refractivity contribution in [2.75, 3.05) is 13.2 Å². The van der Waals surface area contributed by atoms with Crippen LogP contribution in [0.4, 0.5) is 0 Å². The van der Waals surface area contributed by atoms with Gasteiger partial charge in [0.25, 0.3) is 0 Å². The zero-order chi connectivity index (χ0) is 14.3. The molecule has 1 unspecified atom stereocenters. The van der Waals surface area contributed by atoms with Crippen molar-refractivity contribution in [1.82, 2.24) is 5.32 Å². The number of nitrogens with one attached hydrogen (secondary N) is 1. The lowest BCUT2D eigenvalue weighted by atomic mass is 9.87. The Bertz CT molecular complexity index is 351. The summed E-state index contributed by atoms with van der Waals surface area (Å²) in [5.41, 5.74) is 1.56. The largest absolute Gasteiger partial charge is 0.494 e. The molecule has 0 radical (unpaired) electrons. The van der Waals surface area contributed by atoms with E-state index in [2.05, 4.69) is 64.2 Å². The van der Waals surface area contributed by atoms with Gasteiger partial charge in [0.1, 0.15) is 5.75 Å². The molecule has 0 bridgehead atoms. The van der Waals surface area contributed by atoms with Gasteiger partial charge < -0.3 is 10.1 Å². The Morgan fingerprint density at radius 1 is 1.16 bits per heavy atom. The molecule has 2 heteroatoms. The predicted octanol–water partition coefficient (Wildman–Crippen LogP) is 4.14. The van der Waals surface area contributed by atoms with Crippen LogP contribution in [0.15, 0.2) is 24.3 Å². The predicted molar refractivity (Wildman–Crippen MR) is 83.0 cm³/mol. The van der Waals surface area contributed by atoms with Crippen LogP contribution in [-0.4, -0.2) is 19.2 Å². The Balaban J connectivity index is 2.31. The first-order valence-corrected chi connectivity index (χ1v) is 7.40. The number of hydrogen-bond acceptors (Lipinski definition) is 2. The molecule has 1 rings (SSSR count). The molecule has 0 amide bonds. The third-order valence-corrected chi connectivity index (χ3v) is 3.32. The average molecular weight is 263 g/mol. The van der Waals surface area contributed by atoms with Gasteiger partial charge >= 0.3 is 0 Å². The molecular formula is C17H29NO. The maximum Gasteiger partial charge on any atom is 0.119 e. The number of ether oxygens (including phenoxy) is 1. The van der Waals surface area contributed by atoms with Gasteiger partial charge in [-0.25, -0.2) is 0 Å². The third-order valence-electron chi connectivity index (χ3n) is 3.32. The van der Waals surface area contributed by atoms with E-state index in [9.17, 15) is 0 Å². The number of hydrogen-bond donors (Lipinski definition) is 1. The Labute approximate surface area is 118 Å². The van der Waals surface area contributed by atoms with Crippen molar-refractivity contribution in [3.63, 3.8) is 0 Å². The highest BCUT2D eigenvalue weighted by molar-refractivity contribution is 5.31. The Hall–Kier alpha value is -1.02. The van der Waals surface area contributed by atoms with Gasteiger partial charge in [0, 0.05) is 6.04 Å². The van der Waals surface area contributed by atoms with Gasteiger partial charge in [-0.3, -0.25) is 0 Å². The van der Waals surface area contributed by atoms with E-state index < -0.39 is 0 Å². The van der Waals surface area contributed by atoms with Gasteiger partial charge in [-0.1, -0.05) is 39.8 Å². The molecule has 0 aliphatic heterocycles. The number of benzene rings is 1. The van der Waals surface area contributed by atoms with Crippen LogP contribution < -0.4 is 10.1 Å². The van der Waals surface area contributed by atoms with E-state index in [0.717, 1.165) is 31.7 Å². The van der Waals surface area contributed by atoms with Crippen molar-refractivity contribution in [3.8, 4) is 5.75 Å². The fourth-order valence-electron chi connectivity index (χ4n) is 2.08. The Morgan fingerprint density at radius 2 is 1.79 bits per heavy atom. The first-order valence-electron chi connectivity index (χ1n) is 7.40. The minimum atomic E-state index is 0.208. The second kappa shape index (κ2) is 7.54. The molecular weight excluding hydrogens is 234 g/mol. The highest BCUT2D eigenvalue weighted by Crippen LogP contribution is 2.24. The van der Waals surface area contributed by atoms with Gasteiger partial charge in [0.2, 0.25) is 0 Å². The first kappa shape index (κ1) is 16.0. The third kappa shape index (κ3) is 6.11. The van der Waals surface area contributed by atoms with Crippen molar-refractivity contribution < 1.29 is 4.74 Å². The van der Waals surface area contributed by atoms with Crippen LogP contribution in [0.1, 0.15) is 53.0 Å². The molecule has 1 atom stereocenters. The molecule has 0 fully saturated rings. The molecule has 1 N–H and O–H groups in total. The molecule has 108 valence electrons. The molecule has 19 heavy (non-hydrogen) atoms. The second-order valence-corrected chi connectivity index (χ2v) is 6.22. The van der Waals surface area contributed by atoms with Gasteiger partial charge in [0.15, 0.2) is 0 Å². The van der Waals surface area contributed by atoms with E-state index in [1.165, 1.54) is 5.56 Å². The lowest BCUT2D eigenvalue weighted by Gasteiger charge is -2.19. The Morgan fingerprint density at radius 3 is 2.32 bits per heavy atom. The molecule has 0 heterocycles. The quantitative estimate of drug-likeness (QED) is 0.746. The standard InChI is InChI=1S/C17H29NO/c1-6-18-14(2)8-7-13-19-16-11-9-15(10-12-16)17(3,4)5/h9-12,14,18H,6-8,13H2,1-5H3. The summed E-state index contributed by atoms with van der Waals surface area (Å²) in [6.45, 7) is 12.9. The molecule has 0 aliphatic carbocycles. The summed E-state index contributed by atoms with van der Waals surface area (Å²) < 4.78 is 5.77. The maximum atomic E-state index is 5.77. The molecule has 0 saturated carbocycles. The summed E-state index contributed by atoms with van der Waals surface area (Å²) in [4.78, 5) is 0. The minimum absolute atomic E-state index is 0.208. The topological polar surface area (TPSA) is 21.3 Å². The van der Waals surface area contributed by atoms with E-state index in [-0.39, 0.29) is 5.41 Å². The summed E-state index contributed by atoms with van der Waals surface area (Å²) >= 11 is 0. The van der Waals surface area contributed by atoms with Crippen LogP contribution in [0.2, 0.25) is 0 Å². The van der Waals surface area contributed by atoms with Crippen LogP contribution in [-0.2, 0) is 5.41 Å². The highest BCUT2D eigenvalue weighted by Gasteiger charge is 2.12. The molecule has 0 aromatic heterocycles. The van der Waals surface area contributed by atoms with Crippen LogP contribution >= 0.6 is 0 Å². The summed E-state index contributed by atoms with van der Waals surface area (Å²) in [5.74, 6) is 0.976. The minimum Gasteiger partial charge on any atom is -0.494 e. The highest BCUT2D eigenvalue weighted by atomic mass is 16.5.